The number of hydrogen-bond donors (Lipinski definition) is 2. The first-order chi connectivity index (χ1) is 10.5. The third-order valence-corrected chi connectivity index (χ3v) is 3.74. The molecular formula is C18H17ClN2O. The number of nitrogens with one attached hydrogen (secondary N) is 2. The molecule has 0 radical (unpaired) electrons. The van der Waals surface area contributed by atoms with Crippen LogP contribution in [-0.2, 0) is 4.79 Å². The summed E-state index contributed by atoms with van der Waals surface area (Å²) in [5.74, 6) is 2.43. The Bertz CT molecular complexity index is 734. The number of carbonyl (C=O) groups excluding carboxylic acids is 1. The molecule has 1 atom stereocenters. The van der Waals surface area contributed by atoms with Crippen LogP contribution in [0.4, 0.5) is 11.4 Å². The van der Waals surface area contributed by atoms with Crippen LogP contribution in [0.25, 0.3) is 0 Å². The molecular weight excluding hydrogens is 296 g/mol. The Labute approximate surface area is 135 Å². The van der Waals surface area contributed by atoms with Crippen LogP contribution in [0.5, 0.6) is 0 Å². The summed E-state index contributed by atoms with van der Waals surface area (Å²) in [5.41, 5.74) is 3.13. The first-order valence-corrected chi connectivity index (χ1v) is 7.28. The highest BCUT2D eigenvalue weighted by Gasteiger charge is 2.14. The lowest BCUT2D eigenvalue weighted by Crippen LogP contribution is -2.32. The number of anilines is 2. The Hall–Kier alpha value is -2.44. The number of amides is 1. The Kier molecular flexibility index (Phi) is 5.08. The van der Waals surface area contributed by atoms with Gasteiger partial charge in [-0.25, -0.2) is 0 Å². The van der Waals surface area contributed by atoms with E-state index < -0.39 is 6.04 Å². The molecule has 0 fully saturated rings. The minimum absolute atomic E-state index is 0.142. The van der Waals surface area contributed by atoms with Crippen molar-refractivity contribution in [1.29, 1.82) is 0 Å². The molecule has 112 valence electrons. The molecule has 0 aliphatic rings. The molecule has 2 aromatic carbocycles. The quantitative estimate of drug-likeness (QED) is 0.836. The van der Waals surface area contributed by atoms with Crippen molar-refractivity contribution < 1.29 is 4.79 Å². The van der Waals surface area contributed by atoms with Crippen molar-refractivity contribution in [3.63, 3.8) is 0 Å². The molecule has 22 heavy (non-hydrogen) atoms. The second-order valence-corrected chi connectivity index (χ2v) is 5.40. The Balaban J connectivity index is 2.06. The van der Waals surface area contributed by atoms with Gasteiger partial charge in [-0.1, -0.05) is 29.7 Å². The van der Waals surface area contributed by atoms with Crippen LogP contribution in [-0.4, -0.2) is 11.9 Å². The van der Waals surface area contributed by atoms with Crippen molar-refractivity contribution in [2.24, 2.45) is 0 Å². The second kappa shape index (κ2) is 7.02. The van der Waals surface area contributed by atoms with E-state index in [0.717, 1.165) is 16.8 Å². The van der Waals surface area contributed by atoms with Crippen molar-refractivity contribution in [3.8, 4) is 12.3 Å². The highest BCUT2D eigenvalue weighted by molar-refractivity contribution is 6.31. The normalized spacial score (nSPS) is 11.4. The van der Waals surface area contributed by atoms with Gasteiger partial charge in [0.1, 0.15) is 6.04 Å². The Morgan fingerprint density at radius 3 is 2.73 bits per heavy atom. The fourth-order valence-electron chi connectivity index (χ4n) is 2.00. The molecule has 2 aromatic rings. The van der Waals surface area contributed by atoms with Gasteiger partial charge in [0.15, 0.2) is 0 Å². The first-order valence-electron chi connectivity index (χ1n) is 6.90. The van der Waals surface area contributed by atoms with E-state index in [2.05, 4.69) is 16.6 Å². The number of halogens is 1. The standard InChI is InChI=1S/C18H17ClN2O/c1-4-14-7-5-8-15(11-14)20-13(3)18(22)21-17-10-6-9-16(19)12(17)2/h1,5-11,13,20H,2-3H3,(H,21,22)/t13-/m0/s1. The highest BCUT2D eigenvalue weighted by Crippen LogP contribution is 2.23. The molecule has 0 spiro atoms. The smallest absolute Gasteiger partial charge is 0.246 e. The van der Waals surface area contributed by atoms with E-state index in [9.17, 15) is 4.79 Å². The zero-order chi connectivity index (χ0) is 16.1. The second-order valence-electron chi connectivity index (χ2n) is 4.99. The number of benzene rings is 2. The molecule has 0 saturated heterocycles. The van der Waals surface area contributed by atoms with Crippen LogP contribution in [0.1, 0.15) is 18.1 Å². The maximum absolute atomic E-state index is 12.3. The summed E-state index contributed by atoms with van der Waals surface area (Å²) < 4.78 is 0. The lowest BCUT2D eigenvalue weighted by molar-refractivity contribution is -0.116. The van der Waals surface area contributed by atoms with Crippen molar-refractivity contribution in [1.82, 2.24) is 0 Å². The van der Waals surface area contributed by atoms with Gasteiger partial charge in [-0.15, -0.1) is 6.42 Å². The zero-order valence-electron chi connectivity index (χ0n) is 12.5. The SMILES string of the molecule is C#Cc1cccc(N[C@@H](C)C(=O)Nc2cccc(Cl)c2C)c1. The molecule has 0 bridgehead atoms. The number of carbonyl (C=O) groups is 1. The van der Waals surface area contributed by atoms with Gasteiger partial charge in [0.05, 0.1) is 0 Å². The van der Waals surface area contributed by atoms with Gasteiger partial charge in [-0.3, -0.25) is 4.79 Å². The van der Waals surface area contributed by atoms with E-state index in [1.54, 1.807) is 19.1 Å². The van der Waals surface area contributed by atoms with E-state index in [0.29, 0.717) is 10.7 Å². The van der Waals surface area contributed by atoms with Gasteiger partial charge in [0.2, 0.25) is 5.91 Å². The number of hydrogen-bond acceptors (Lipinski definition) is 2. The molecule has 0 aromatic heterocycles. The van der Waals surface area contributed by atoms with Crippen LogP contribution < -0.4 is 10.6 Å². The summed E-state index contributed by atoms with van der Waals surface area (Å²) in [5, 5.41) is 6.63. The van der Waals surface area contributed by atoms with Crippen molar-refractivity contribution in [2.45, 2.75) is 19.9 Å². The molecule has 4 heteroatoms. The minimum atomic E-state index is -0.411. The monoisotopic (exact) mass is 312 g/mol. The summed E-state index contributed by atoms with van der Waals surface area (Å²) in [7, 11) is 0. The van der Waals surface area contributed by atoms with Crippen molar-refractivity contribution >= 4 is 28.9 Å². The predicted octanol–water partition coefficient (Wildman–Crippen LogP) is 4.07. The van der Waals surface area contributed by atoms with Gasteiger partial charge in [0, 0.05) is 22.0 Å². The molecule has 0 unspecified atom stereocenters. The van der Waals surface area contributed by atoms with E-state index in [-0.39, 0.29) is 5.91 Å². The lowest BCUT2D eigenvalue weighted by Gasteiger charge is -2.17. The van der Waals surface area contributed by atoms with Crippen LogP contribution in [0, 0.1) is 19.3 Å². The van der Waals surface area contributed by atoms with Gasteiger partial charge in [0.25, 0.3) is 0 Å². The molecule has 0 aliphatic heterocycles. The van der Waals surface area contributed by atoms with E-state index in [4.69, 9.17) is 18.0 Å². The zero-order valence-corrected chi connectivity index (χ0v) is 13.2. The van der Waals surface area contributed by atoms with Gasteiger partial charge >= 0.3 is 0 Å². The van der Waals surface area contributed by atoms with Crippen LogP contribution in [0.15, 0.2) is 42.5 Å². The topological polar surface area (TPSA) is 41.1 Å². The summed E-state index contributed by atoms with van der Waals surface area (Å²) in [6.45, 7) is 3.66. The average molecular weight is 313 g/mol. The fourth-order valence-corrected chi connectivity index (χ4v) is 2.17. The molecule has 0 heterocycles. The highest BCUT2D eigenvalue weighted by atomic mass is 35.5. The Morgan fingerprint density at radius 1 is 1.27 bits per heavy atom. The first kappa shape index (κ1) is 15.9. The fraction of sp³-hybridized carbons (Fsp3) is 0.167. The van der Waals surface area contributed by atoms with Gasteiger partial charge < -0.3 is 10.6 Å². The minimum Gasteiger partial charge on any atom is -0.374 e. The van der Waals surface area contributed by atoms with E-state index in [1.807, 2.05) is 37.3 Å². The Morgan fingerprint density at radius 2 is 2.00 bits per heavy atom. The van der Waals surface area contributed by atoms with Gasteiger partial charge in [-0.2, -0.15) is 0 Å². The van der Waals surface area contributed by atoms with Crippen LogP contribution in [0.2, 0.25) is 5.02 Å². The summed E-state index contributed by atoms with van der Waals surface area (Å²) >= 11 is 6.05. The van der Waals surface area contributed by atoms with Crippen LogP contribution in [0.3, 0.4) is 0 Å². The molecule has 0 aliphatic carbocycles. The molecule has 2 N–H and O–H groups in total. The maximum Gasteiger partial charge on any atom is 0.246 e. The van der Waals surface area contributed by atoms with E-state index in [1.165, 1.54) is 0 Å². The van der Waals surface area contributed by atoms with Crippen molar-refractivity contribution in [3.05, 3.63) is 58.6 Å². The molecule has 1 amide bonds. The van der Waals surface area contributed by atoms with Crippen molar-refractivity contribution in [2.75, 3.05) is 10.6 Å². The summed E-state index contributed by atoms with van der Waals surface area (Å²) in [6, 6.07) is 12.4. The number of terminal acetylenes is 1. The molecule has 2 rings (SSSR count). The number of rotatable bonds is 4. The van der Waals surface area contributed by atoms with E-state index >= 15 is 0 Å². The predicted molar refractivity (Wildman–Crippen MR) is 92.3 cm³/mol. The largest absolute Gasteiger partial charge is 0.374 e. The summed E-state index contributed by atoms with van der Waals surface area (Å²) in [6.07, 6.45) is 5.37. The van der Waals surface area contributed by atoms with Crippen LogP contribution >= 0.6 is 11.6 Å². The van der Waals surface area contributed by atoms with Gasteiger partial charge in [-0.05, 0) is 49.7 Å². The summed E-state index contributed by atoms with van der Waals surface area (Å²) in [4.78, 5) is 12.3. The lowest BCUT2D eigenvalue weighted by atomic mass is 10.1. The molecule has 0 saturated carbocycles. The third-order valence-electron chi connectivity index (χ3n) is 3.33. The molecule has 3 nitrogen and oxygen atoms in total. The average Bonchev–Trinajstić information content (AvgIpc) is 2.52. The third kappa shape index (κ3) is 3.81. The maximum atomic E-state index is 12.3.